The predicted molar refractivity (Wildman–Crippen MR) is 160 cm³/mol. The third-order valence-corrected chi connectivity index (χ3v) is 10.1. The summed E-state index contributed by atoms with van der Waals surface area (Å²) in [5.74, 6) is 2.09. The van der Waals surface area contributed by atoms with Crippen molar-refractivity contribution in [2.75, 3.05) is 20.3 Å². The summed E-state index contributed by atoms with van der Waals surface area (Å²) in [4.78, 5) is 43.6. The molecule has 3 heterocycles. The van der Waals surface area contributed by atoms with E-state index in [2.05, 4.69) is 0 Å². The first kappa shape index (κ1) is 28.0. The van der Waals surface area contributed by atoms with Crippen LogP contribution in [-0.4, -0.2) is 64.2 Å². The summed E-state index contributed by atoms with van der Waals surface area (Å²) in [5, 5.41) is 0. The number of fused-ring (bicyclic) bond motifs is 2. The maximum Gasteiger partial charge on any atom is 0.328 e. The molecule has 8 nitrogen and oxygen atoms in total. The van der Waals surface area contributed by atoms with Gasteiger partial charge < -0.3 is 18.8 Å². The summed E-state index contributed by atoms with van der Waals surface area (Å²) in [6.07, 6.45) is 8.71. The monoisotopic (exact) mass is 594 g/mol. The molecule has 2 aliphatic heterocycles. The first-order valence-electron chi connectivity index (χ1n) is 14.4. The van der Waals surface area contributed by atoms with Crippen molar-refractivity contribution in [2.24, 2.45) is 11.8 Å². The first-order chi connectivity index (χ1) is 19.9. The lowest BCUT2D eigenvalue weighted by molar-refractivity contribution is -0.149. The zero-order valence-corrected chi connectivity index (χ0v) is 24.9. The number of thioether (sulfide) groups is 1. The van der Waals surface area contributed by atoms with Crippen LogP contribution in [0.1, 0.15) is 68.0 Å². The molecule has 4 atom stereocenters. The fraction of sp³-hybridized carbons (Fsp3) is 0.484. The Labute approximate surface area is 249 Å². The predicted octanol–water partition coefficient (Wildman–Crippen LogP) is 5.90. The fourth-order valence-corrected chi connectivity index (χ4v) is 8.20. The van der Waals surface area contributed by atoms with Gasteiger partial charge in [0.1, 0.15) is 27.6 Å². The molecule has 0 N–H and O–H groups in total. The van der Waals surface area contributed by atoms with Crippen LogP contribution in [0.25, 0.3) is 17.4 Å². The van der Waals surface area contributed by atoms with E-state index in [-0.39, 0.29) is 30.4 Å². The van der Waals surface area contributed by atoms with Crippen molar-refractivity contribution < 1.29 is 28.3 Å². The number of piperidine rings is 1. The Morgan fingerprint density at radius 3 is 2.73 bits per heavy atom. The molecule has 2 aromatic rings. The summed E-state index contributed by atoms with van der Waals surface area (Å²) in [5.41, 5.74) is 1.04. The van der Waals surface area contributed by atoms with E-state index < -0.39 is 6.04 Å². The highest BCUT2D eigenvalue weighted by atomic mass is 32.2. The number of carbonyl (C=O) groups excluding carboxylic acids is 3. The number of furan rings is 1. The van der Waals surface area contributed by atoms with E-state index in [1.807, 2.05) is 23.1 Å². The van der Waals surface area contributed by atoms with E-state index in [4.69, 9.17) is 26.1 Å². The molecule has 2 saturated heterocycles. The molecule has 41 heavy (non-hydrogen) atoms. The number of hydrogen-bond donors (Lipinski definition) is 0. The molecule has 216 valence electrons. The molecule has 6 rings (SSSR count). The van der Waals surface area contributed by atoms with Crippen molar-refractivity contribution in [3.8, 4) is 17.1 Å². The SMILES string of the molecule is CCOC(=O)[C@@H]1CCCCN1C(=O)c1cc(-c2ccc(/C=C3\SC(=S)N(C4CC5CCC4C5)C3=O)o2)ccc1OC. The first-order valence-corrected chi connectivity index (χ1v) is 15.6. The number of likely N-dealkylation sites (tertiary alicyclic amines) is 1. The van der Waals surface area contributed by atoms with Gasteiger partial charge in [0.05, 0.1) is 24.2 Å². The number of rotatable bonds is 7. The number of amides is 2. The van der Waals surface area contributed by atoms with Crippen LogP contribution in [0.3, 0.4) is 0 Å². The van der Waals surface area contributed by atoms with E-state index >= 15 is 0 Å². The molecule has 10 heteroatoms. The van der Waals surface area contributed by atoms with Gasteiger partial charge in [-0.05, 0) is 87.6 Å². The van der Waals surface area contributed by atoms with Crippen molar-refractivity contribution in [3.05, 3.63) is 46.6 Å². The van der Waals surface area contributed by atoms with Gasteiger partial charge in [0.2, 0.25) is 0 Å². The van der Waals surface area contributed by atoms with Gasteiger partial charge in [0.25, 0.3) is 11.8 Å². The largest absolute Gasteiger partial charge is 0.496 e. The van der Waals surface area contributed by atoms with Crippen molar-refractivity contribution in [1.82, 2.24) is 9.80 Å². The molecule has 4 aliphatic rings. The summed E-state index contributed by atoms with van der Waals surface area (Å²) in [6, 6.07) is 8.53. The molecule has 2 saturated carbocycles. The van der Waals surface area contributed by atoms with Crippen LogP contribution in [-0.2, 0) is 14.3 Å². The van der Waals surface area contributed by atoms with Gasteiger partial charge in [0.15, 0.2) is 0 Å². The standard InChI is InChI=1S/C31H34N2O6S2/c1-3-38-30(36)23-6-4-5-13-32(23)28(34)22-16-20(9-11-26(22)37-2)25-12-10-21(39-25)17-27-29(35)33(31(40)41-27)24-15-18-7-8-19(24)14-18/h9-12,16-19,23-24H,3-8,13-15H2,1-2H3/b27-17-/t18?,19?,23-,24?/m0/s1. The van der Waals surface area contributed by atoms with E-state index in [0.29, 0.717) is 56.5 Å². The van der Waals surface area contributed by atoms with Gasteiger partial charge in [-0.1, -0.05) is 30.4 Å². The second kappa shape index (κ2) is 11.6. The Morgan fingerprint density at radius 2 is 2.00 bits per heavy atom. The molecule has 2 amide bonds. The molecule has 2 bridgehead atoms. The molecular weight excluding hydrogens is 560 g/mol. The molecule has 0 spiro atoms. The van der Waals surface area contributed by atoms with Crippen LogP contribution in [0.5, 0.6) is 5.75 Å². The van der Waals surface area contributed by atoms with Crippen LogP contribution in [0.4, 0.5) is 0 Å². The average molecular weight is 595 g/mol. The second-order valence-corrected chi connectivity index (χ2v) is 12.8. The van der Waals surface area contributed by atoms with E-state index in [1.54, 1.807) is 30.0 Å². The molecule has 0 radical (unpaired) electrons. The van der Waals surface area contributed by atoms with Crippen LogP contribution in [0.15, 0.2) is 39.7 Å². The van der Waals surface area contributed by atoms with Crippen molar-refractivity contribution in [1.29, 1.82) is 0 Å². The van der Waals surface area contributed by atoms with Crippen LogP contribution in [0, 0.1) is 11.8 Å². The number of carbonyl (C=O) groups is 3. The van der Waals surface area contributed by atoms with Gasteiger partial charge in [-0.2, -0.15) is 0 Å². The Hall–Kier alpha value is -3.11. The molecule has 1 aromatic heterocycles. The maximum absolute atomic E-state index is 13.7. The highest BCUT2D eigenvalue weighted by Crippen LogP contribution is 2.49. The summed E-state index contributed by atoms with van der Waals surface area (Å²) in [6.45, 7) is 2.50. The lowest BCUT2D eigenvalue weighted by Gasteiger charge is -2.34. The molecular formula is C31H34N2O6S2. The zero-order valence-electron chi connectivity index (χ0n) is 23.3. The summed E-state index contributed by atoms with van der Waals surface area (Å²) in [7, 11) is 1.52. The normalized spacial score (nSPS) is 26.7. The van der Waals surface area contributed by atoms with E-state index in [0.717, 1.165) is 25.2 Å². The zero-order chi connectivity index (χ0) is 28.7. The van der Waals surface area contributed by atoms with Gasteiger partial charge in [0, 0.05) is 24.2 Å². The van der Waals surface area contributed by atoms with Gasteiger partial charge in [-0.15, -0.1) is 0 Å². The minimum Gasteiger partial charge on any atom is -0.496 e. The highest BCUT2D eigenvalue weighted by molar-refractivity contribution is 8.26. The van der Waals surface area contributed by atoms with Crippen LogP contribution in [0.2, 0.25) is 0 Å². The summed E-state index contributed by atoms with van der Waals surface area (Å²) < 4.78 is 17.5. The minimum atomic E-state index is -0.613. The number of benzene rings is 1. The number of ether oxygens (including phenoxy) is 2. The number of thiocarbonyl (C=S) groups is 1. The lowest BCUT2D eigenvalue weighted by atomic mass is 9.94. The van der Waals surface area contributed by atoms with Crippen molar-refractivity contribution in [3.63, 3.8) is 0 Å². The molecule has 2 aliphatic carbocycles. The van der Waals surface area contributed by atoms with E-state index in [1.165, 1.54) is 38.1 Å². The van der Waals surface area contributed by atoms with E-state index in [9.17, 15) is 14.4 Å². The fourth-order valence-electron chi connectivity index (χ4n) is 6.85. The second-order valence-electron chi connectivity index (χ2n) is 11.2. The minimum absolute atomic E-state index is 0.0366. The average Bonchev–Trinajstić information content (AvgIpc) is 3.78. The molecule has 4 fully saturated rings. The molecule has 1 aromatic carbocycles. The van der Waals surface area contributed by atoms with Crippen LogP contribution >= 0.6 is 24.0 Å². The quantitative estimate of drug-likeness (QED) is 0.222. The number of esters is 1. The maximum atomic E-state index is 13.7. The Bertz CT molecular complexity index is 1420. The lowest BCUT2D eigenvalue weighted by Crippen LogP contribution is -2.48. The van der Waals surface area contributed by atoms with Crippen molar-refractivity contribution >= 4 is 52.2 Å². The van der Waals surface area contributed by atoms with Crippen LogP contribution < -0.4 is 4.74 Å². The topological polar surface area (TPSA) is 89.3 Å². The van der Waals surface area contributed by atoms with Gasteiger partial charge in [-0.3, -0.25) is 14.5 Å². The summed E-state index contributed by atoms with van der Waals surface area (Å²) >= 11 is 6.95. The Balaban J connectivity index is 1.23. The van der Waals surface area contributed by atoms with Gasteiger partial charge >= 0.3 is 5.97 Å². The third kappa shape index (κ3) is 5.32. The number of methoxy groups -OCH3 is 1. The Morgan fingerprint density at radius 1 is 1.15 bits per heavy atom. The van der Waals surface area contributed by atoms with Crippen molar-refractivity contribution in [2.45, 2.75) is 64.0 Å². The highest BCUT2D eigenvalue weighted by Gasteiger charge is 2.48. The third-order valence-electron chi connectivity index (χ3n) is 8.79. The number of nitrogens with zero attached hydrogens (tertiary/aromatic N) is 2. The van der Waals surface area contributed by atoms with Gasteiger partial charge in [-0.25, -0.2) is 4.79 Å². The smallest absolute Gasteiger partial charge is 0.328 e. The molecule has 3 unspecified atom stereocenters. The Kier molecular flexibility index (Phi) is 7.96. The number of hydrogen-bond acceptors (Lipinski definition) is 8.